The molecule has 0 saturated carbocycles. The van der Waals surface area contributed by atoms with Crippen molar-refractivity contribution in [3.05, 3.63) is 29.6 Å². The zero-order valence-electron chi connectivity index (χ0n) is 14.9. The molecule has 2 saturated heterocycles. The van der Waals surface area contributed by atoms with E-state index in [-0.39, 0.29) is 11.5 Å². The Morgan fingerprint density at radius 2 is 2.12 bits per heavy atom. The highest BCUT2D eigenvalue weighted by atomic mass is 16.4. The number of aliphatic carboxylic acids is 1. The van der Waals surface area contributed by atoms with Gasteiger partial charge in [-0.15, -0.1) is 0 Å². The molecule has 1 atom stereocenters. The molecule has 1 N–H and O–H groups in total. The van der Waals surface area contributed by atoms with Crippen LogP contribution in [-0.4, -0.2) is 58.1 Å². The summed E-state index contributed by atoms with van der Waals surface area (Å²) >= 11 is 0. The van der Waals surface area contributed by atoms with Gasteiger partial charge in [0.25, 0.3) is 0 Å². The van der Waals surface area contributed by atoms with Crippen molar-refractivity contribution in [2.24, 2.45) is 5.41 Å². The average Bonchev–Trinajstić information content (AvgIpc) is 2.89. The van der Waals surface area contributed by atoms with Gasteiger partial charge < -0.3 is 5.11 Å². The third-order valence-electron chi connectivity index (χ3n) is 5.65. The Labute approximate surface area is 144 Å². The van der Waals surface area contributed by atoms with E-state index in [4.69, 9.17) is 0 Å². The van der Waals surface area contributed by atoms with Crippen molar-refractivity contribution in [1.82, 2.24) is 14.8 Å². The van der Waals surface area contributed by atoms with Gasteiger partial charge in [0.2, 0.25) is 0 Å². The zero-order valence-corrected chi connectivity index (χ0v) is 14.9. The van der Waals surface area contributed by atoms with E-state index < -0.39 is 5.97 Å². The van der Waals surface area contributed by atoms with Crippen LogP contribution in [0.25, 0.3) is 0 Å². The van der Waals surface area contributed by atoms with Gasteiger partial charge in [0.15, 0.2) is 0 Å². The number of carboxylic acid groups (broad SMARTS) is 1. The summed E-state index contributed by atoms with van der Waals surface area (Å²) in [4.78, 5) is 20.8. The fourth-order valence-electron chi connectivity index (χ4n) is 4.37. The molecule has 5 heteroatoms. The van der Waals surface area contributed by atoms with E-state index in [0.717, 1.165) is 69.8 Å². The second-order valence-corrected chi connectivity index (χ2v) is 7.58. The summed E-state index contributed by atoms with van der Waals surface area (Å²) in [7, 11) is 0. The van der Waals surface area contributed by atoms with Crippen LogP contribution < -0.4 is 0 Å². The second-order valence-electron chi connectivity index (χ2n) is 7.58. The van der Waals surface area contributed by atoms with Gasteiger partial charge in [0.1, 0.15) is 6.04 Å². The lowest BCUT2D eigenvalue weighted by molar-refractivity contribution is -0.142. The van der Waals surface area contributed by atoms with Gasteiger partial charge in [-0.2, -0.15) is 0 Å². The number of piperidine rings is 1. The fraction of sp³-hybridized carbons (Fsp3) is 0.684. The number of pyridine rings is 1. The van der Waals surface area contributed by atoms with Crippen molar-refractivity contribution >= 4 is 5.97 Å². The summed E-state index contributed by atoms with van der Waals surface area (Å²) in [6.07, 6.45) is 4.04. The number of hydrogen-bond acceptors (Lipinski definition) is 4. The van der Waals surface area contributed by atoms with Crippen LogP contribution in [0, 0.1) is 12.3 Å². The first-order valence-electron chi connectivity index (χ1n) is 9.13. The maximum Gasteiger partial charge on any atom is 0.320 e. The van der Waals surface area contributed by atoms with Gasteiger partial charge in [-0.05, 0) is 69.8 Å². The van der Waals surface area contributed by atoms with Crippen LogP contribution in [0.15, 0.2) is 18.2 Å². The summed E-state index contributed by atoms with van der Waals surface area (Å²) in [5.41, 5.74) is 2.40. The Bertz CT molecular complexity index is 582. The molecule has 0 aliphatic carbocycles. The number of likely N-dealkylation sites (tertiary alicyclic amines) is 2. The van der Waals surface area contributed by atoms with Gasteiger partial charge in [0.05, 0.1) is 5.69 Å². The van der Waals surface area contributed by atoms with Crippen LogP contribution in [0.3, 0.4) is 0 Å². The summed E-state index contributed by atoms with van der Waals surface area (Å²) < 4.78 is 0. The quantitative estimate of drug-likeness (QED) is 0.898. The summed E-state index contributed by atoms with van der Waals surface area (Å²) in [5, 5.41) is 9.54. The van der Waals surface area contributed by atoms with Crippen molar-refractivity contribution in [2.75, 3.05) is 26.2 Å². The monoisotopic (exact) mass is 331 g/mol. The smallest absolute Gasteiger partial charge is 0.320 e. The number of aromatic nitrogens is 1. The minimum atomic E-state index is -0.647. The Balaban J connectivity index is 1.59. The molecule has 3 heterocycles. The lowest BCUT2D eigenvalue weighted by Crippen LogP contribution is -2.41. The van der Waals surface area contributed by atoms with Gasteiger partial charge in [-0.3, -0.25) is 19.6 Å². The molecule has 132 valence electrons. The van der Waals surface area contributed by atoms with Crippen LogP contribution in [0.4, 0.5) is 0 Å². The largest absolute Gasteiger partial charge is 0.480 e. The SMILES string of the molecule is CCCN1CC2(CCN(Cc3cccc(C)n3)CC2)CC1C(=O)O. The molecule has 0 aromatic carbocycles. The van der Waals surface area contributed by atoms with Crippen molar-refractivity contribution in [3.8, 4) is 0 Å². The maximum atomic E-state index is 11.6. The molecule has 0 radical (unpaired) electrons. The summed E-state index contributed by atoms with van der Waals surface area (Å²) in [6, 6.07) is 5.91. The minimum absolute atomic E-state index is 0.203. The lowest BCUT2D eigenvalue weighted by atomic mass is 9.76. The Hall–Kier alpha value is -1.46. The first-order valence-corrected chi connectivity index (χ1v) is 9.13. The molecule has 1 spiro atoms. The molecule has 0 bridgehead atoms. The Morgan fingerprint density at radius 3 is 2.75 bits per heavy atom. The number of nitrogens with zero attached hydrogens (tertiary/aromatic N) is 3. The highest BCUT2D eigenvalue weighted by Crippen LogP contribution is 2.43. The zero-order chi connectivity index (χ0) is 17.2. The molecule has 2 aliphatic heterocycles. The summed E-state index contributed by atoms with van der Waals surface area (Å²) in [6.45, 7) is 9.00. The van der Waals surface area contributed by atoms with Gasteiger partial charge in [0, 0.05) is 18.8 Å². The second kappa shape index (κ2) is 7.19. The molecule has 1 unspecified atom stereocenters. The molecule has 24 heavy (non-hydrogen) atoms. The van der Waals surface area contributed by atoms with E-state index in [1.54, 1.807) is 0 Å². The van der Waals surface area contributed by atoms with E-state index in [1.165, 1.54) is 0 Å². The third kappa shape index (κ3) is 3.78. The molecule has 0 amide bonds. The molecule has 2 fully saturated rings. The van der Waals surface area contributed by atoms with Crippen molar-refractivity contribution in [1.29, 1.82) is 0 Å². The lowest BCUT2D eigenvalue weighted by Gasteiger charge is -2.39. The van der Waals surface area contributed by atoms with Gasteiger partial charge >= 0.3 is 5.97 Å². The van der Waals surface area contributed by atoms with Crippen LogP contribution in [-0.2, 0) is 11.3 Å². The number of aryl methyl sites for hydroxylation is 1. The molecule has 3 rings (SSSR count). The number of hydrogen-bond donors (Lipinski definition) is 1. The number of rotatable bonds is 5. The van der Waals surface area contributed by atoms with E-state index in [2.05, 4.69) is 33.8 Å². The highest BCUT2D eigenvalue weighted by molar-refractivity contribution is 5.74. The van der Waals surface area contributed by atoms with Crippen LogP contribution in [0.5, 0.6) is 0 Å². The van der Waals surface area contributed by atoms with Crippen LogP contribution >= 0.6 is 0 Å². The molecular formula is C19H29N3O2. The topological polar surface area (TPSA) is 56.7 Å². The predicted octanol–water partition coefficient (Wildman–Crippen LogP) is 2.54. The predicted molar refractivity (Wildman–Crippen MR) is 93.8 cm³/mol. The first kappa shape index (κ1) is 17.4. The molecule has 1 aromatic heterocycles. The number of carboxylic acids is 1. The molecule has 5 nitrogen and oxygen atoms in total. The highest BCUT2D eigenvalue weighted by Gasteiger charge is 2.47. The third-order valence-corrected chi connectivity index (χ3v) is 5.65. The Morgan fingerprint density at radius 1 is 1.38 bits per heavy atom. The van der Waals surface area contributed by atoms with Gasteiger partial charge in [-0.25, -0.2) is 0 Å². The minimum Gasteiger partial charge on any atom is -0.480 e. The van der Waals surface area contributed by atoms with Crippen molar-refractivity contribution < 1.29 is 9.90 Å². The van der Waals surface area contributed by atoms with Gasteiger partial charge in [-0.1, -0.05) is 13.0 Å². The normalized spacial score (nSPS) is 24.5. The molecule has 1 aromatic rings. The average molecular weight is 331 g/mol. The van der Waals surface area contributed by atoms with E-state index in [9.17, 15) is 9.90 Å². The van der Waals surface area contributed by atoms with E-state index >= 15 is 0 Å². The molecular weight excluding hydrogens is 302 g/mol. The summed E-state index contributed by atoms with van der Waals surface area (Å²) in [5.74, 6) is -0.647. The maximum absolute atomic E-state index is 11.6. The number of carbonyl (C=O) groups is 1. The van der Waals surface area contributed by atoms with Crippen molar-refractivity contribution in [2.45, 2.75) is 52.1 Å². The van der Waals surface area contributed by atoms with Crippen LogP contribution in [0.2, 0.25) is 0 Å². The molecule has 2 aliphatic rings. The van der Waals surface area contributed by atoms with Crippen LogP contribution in [0.1, 0.15) is 44.0 Å². The van der Waals surface area contributed by atoms with E-state index in [1.807, 2.05) is 13.0 Å². The standard InChI is InChI=1S/C19H29N3O2/c1-3-9-22-14-19(12-17(22)18(23)24)7-10-21(11-8-19)13-16-6-4-5-15(2)20-16/h4-6,17H,3,7-14H2,1-2H3,(H,23,24). The Kier molecular flexibility index (Phi) is 5.21. The van der Waals surface area contributed by atoms with E-state index in [0.29, 0.717) is 0 Å². The fourth-order valence-corrected chi connectivity index (χ4v) is 4.37. The first-order chi connectivity index (χ1) is 11.5. The van der Waals surface area contributed by atoms with Crippen molar-refractivity contribution in [3.63, 3.8) is 0 Å².